The van der Waals surface area contributed by atoms with Gasteiger partial charge in [-0.15, -0.1) is 0 Å². The molecule has 5 heteroatoms. The minimum absolute atomic E-state index is 0.232. The highest BCUT2D eigenvalue weighted by Crippen LogP contribution is 2.44. The van der Waals surface area contributed by atoms with Crippen molar-refractivity contribution >= 4 is 40.4 Å². The van der Waals surface area contributed by atoms with Crippen LogP contribution in [0.15, 0.2) is 24.3 Å². The first-order valence-electron chi connectivity index (χ1n) is 4.76. The van der Waals surface area contributed by atoms with Crippen LogP contribution in [-0.4, -0.2) is 11.9 Å². The predicted molar refractivity (Wildman–Crippen MR) is 67.1 cm³/mol. The van der Waals surface area contributed by atoms with Crippen LogP contribution in [0.2, 0.25) is 0 Å². The molecule has 0 spiro atoms. The van der Waals surface area contributed by atoms with Crippen LogP contribution >= 0.6 is 22.9 Å². The van der Waals surface area contributed by atoms with Gasteiger partial charge in [0.05, 0.1) is 28.6 Å². The first-order chi connectivity index (χ1) is 7.47. The van der Waals surface area contributed by atoms with E-state index in [4.69, 9.17) is 4.74 Å². The molecule has 1 unspecified atom stereocenters. The smallest absolute Gasteiger partial charge is 0.304 e. The summed E-state index contributed by atoms with van der Waals surface area (Å²) in [5, 5.41) is 0. The molecule has 1 amide bonds. The van der Waals surface area contributed by atoms with Crippen molar-refractivity contribution in [2.24, 2.45) is 0 Å². The Kier molecular flexibility index (Phi) is 2.65. The van der Waals surface area contributed by atoms with E-state index in [1.165, 1.54) is 10.0 Å². The minimum Gasteiger partial charge on any atom is -0.444 e. The van der Waals surface area contributed by atoms with E-state index in [0.29, 0.717) is 0 Å². The Hall–Kier alpha value is -1.11. The highest BCUT2D eigenvalue weighted by molar-refractivity contribution is 14.1. The number of ether oxygens (including phenoxy) is 1. The molecule has 1 aromatic carbocycles. The molecule has 0 saturated carbocycles. The van der Waals surface area contributed by atoms with Gasteiger partial charge in [-0.2, -0.15) is 0 Å². The van der Waals surface area contributed by atoms with Gasteiger partial charge >= 0.3 is 5.97 Å². The molecule has 0 saturated heterocycles. The molecule has 1 aliphatic heterocycles. The van der Waals surface area contributed by atoms with Gasteiger partial charge in [0.25, 0.3) is 5.91 Å². The summed E-state index contributed by atoms with van der Waals surface area (Å²) in [6.45, 7) is 2.92. The van der Waals surface area contributed by atoms with Crippen molar-refractivity contribution in [1.82, 2.24) is 0 Å². The van der Waals surface area contributed by atoms with Crippen LogP contribution in [0, 0.1) is 0 Å². The molecule has 1 heterocycles. The quantitative estimate of drug-likeness (QED) is 0.450. The van der Waals surface area contributed by atoms with Crippen LogP contribution in [0.1, 0.15) is 19.4 Å². The van der Waals surface area contributed by atoms with E-state index < -0.39 is 11.6 Å². The summed E-state index contributed by atoms with van der Waals surface area (Å²) in [5.74, 6) is -0.693. The number of benzene rings is 1. The Balaban J connectivity index is 2.56. The van der Waals surface area contributed by atoms with Crippen LogP contribution in [0.5, 0.6) is 0 Å². The number of halogens is 1. The van der Waals surface area contributed by atoms with Gasteiger partial charge in [-0.1, -0.05) is 18.2 Å². The Morgan fingerprint density at radius 1 is 1.44 bits per heavy atom. The molecule has 1 atom stereocenters. The van der Waals surface area contributed by atoms with Crippen molar-refractivity contribution < 1.29 is 14.3 Å². The molecule has 2 rings (SSSR count). The zero-order valence-corrected chi connectivity index (χ0v) is 11.0. The van der Waals surface area contributed by atoms with E-state index in [1.807, 2.05) is 41.1 Å². The number of fused-ring (bicyclic) bond motifs is 1. The van der Waals surface area contributed by atoms with Crippen LogP contribution in [0.25, 0.3) is 0 Å². The molecule has 0 radical (unpaired) electrons. The van der Waals surface area contributed by atoms with Gasteiger partial charge in [0, 0.05) is 12.5 Å². The fourth-order valence-electron chi connectivity index (χ4n) is 1.85. The van der Waals surface area contributed by atoms with E-state index in [9.17, 15) is 9.59 Å². The Labute approximate surface area is 107 Å². The average Bonchev–Trinajstić information content (AvgIpc) is 2.42. The summed E-state index contributed by atoms with van der Waals surface area (Å²) in [7, 11) is 0. The summed E-state index contributed by atoms with van der Waals surface area (Å²) in [6.07, 6.45) is 0. The van der Waals surface area contributed by atoms with Crippen LogP contribution < -0.4 is 3.11 Å². The van der Waals surface area contributed by atoms with Gasteiger partial charge in [0.1, 0.15) is 0 Å². The number of rotatable bonds is 1. The zero-order valence-electron chi connectivity index (χ0n) is 8.86. The van der Waals surface area contributed by atoms with Crippen LogP contribution in [-0.2, 0) is 19.9 Å². The van der Waals surface area contributed by atoms with E-state index in [-0.39, 0.29) is 5.91 Å². The SMILES string of the molecule is CC(=O)OC1(C)C(=O)N(I)c2ccccc21. The number of para-hydroxylation sites is 1. The van der Waals surface area contributed by atoms with Crippen molar-refractivity contribution in [3.05, 3.63) is 29.8 Å². The molecule has 0 N–H and O–H groups in total. The van der Waals surface area contributed by atoms with Crippen molar-refractivity contribution in [1.29, 1.82) is 0 Å². The fraction of sp³-hybridized carbons (Fsp3) is 0.273. The minimum atomic E-state index is -1.19. The Bertz CT molecular complexity index is 474. The molecule has 0 aliphatic carbocycles. The van der Waals surface area contributed by atoms with E-state index in [1.54, 1.807) is 13.0 Å². The molecule has 1 aromatic rings. The molecule has 0 aromatic heterocycles. The van der Waals surface area contributed by atoms with E-state index in [0.717, 1.165) is 11.3 Å². The maximum atomic E-state index is 12.1. The third kappa shape index (κ3) is 1.50. The van der Waals surface area contributed by atoms with Gasteiger partial charge in [0.2, 0.25) is 5.60 Å². The fourth-order valence-corrected chi connectivity index (χ4v) is 2.73. The third-order valence-corrected chi connectivity index (χ3v) is 3.52. The topological polar surface area (TPSA) is 46.6 Å². The van der Waals surface area contributed by atoms with Crippen molar-refractivity contribution in [2.75, 3.05) is 3.11 Å². The number of carbonyl (C=O) groups is 2. The second kappa shape index (κ2) is 3.73. The summed E-state index contributed by atoms with van der Waals surface area (Å²) < 4.78 is 6.66. The van der Waals surface area contributed by atoms with Gasteiger partial charge in [-0.05, 0) is 13.0 Å². The maximum Gasteiger partial charge on any atom is 0.304 e. The first kappa shape index (κ1) is 11.4. The lowest BCUT2D eigenvalue weighted by Gasteiger charge is -2.22. The van der Waals surface area contributed by atoms with Gasteiger partial charge < -0.3 is 4.74 Å². The number of amides is 1. The number of hydrogen-bond acceptors (Lipinski definition) is 3. The lowest BCUT2D eigenvalue weighted by molar-refractivity contribution is -0.163. The van der Waals surface area contributed by atoms with E-state index >= 15 is 0 Å². The highest BCUT2D eigenvalue weighted by Gasteiger charge is 2.49. The predicted octanol–water partition coefficient (Wildman–Crippen LogP) is 2.16. The van der Waals surface area contributed by atoms with Crippen molar-refractivity contribution in [2.45, 2.75) is 19.4 Å². The average molecular weight is 331 g/mol. The Morgan fingerprint density at radius 3 is 2.69 bits per heavy atom. The normalized spacial score (nSPS) is 23.2. The highest BCUT2D eigenvalue weighted by atomic mass is 127. The second-order valence-corrected chi connectivity index (χ2v) is 4.69. The lowest BCUT2D eigenvalue weighted by atomic mass is 9.97. The van der Waals surface area contributed by atoms with Crippen LogP contribution in [0.3, 0.4) is 0 Å². The Morgan fingerprint density at radius 2 is 2.06 bits per heavy atom. The molecule has 1 aliphatic rings. The molecule has 0 bridgehead atoms. The van der Waals surface area contributed by atoms with Crippen molar-refractivity contribution in [3.8, 4) is 0 Å². The van der Waals surface area contributed by atoms with Gasteiger partial charge in [0.15, 0.2) is 0 Å². The van der Waals surface area contributed by atoms with Crippen molar-refractivity contribution in [3.63, 3.8) is 0 Å². The molecule has 4 nitrogen and oxygen atoms in total. The first-order valence-corrected chi connectivity index (χ1v) is 5.72. The summed E-state index contributed by atoms with van der Waals surface area (Å²) in [6, 6.07) is 7.30. The van der Waals surface area contributed by atoms with Gasteiger partial charge in [-0.25, -0.2) is 3.11 Å². The number of nitrogens with zero attached hydrogens (tertiary/aromatic N) is 1. The number of carbonyl (C=O) groups excluding carboxylic acids is 2. The molecule has 16 heavy (non-hydrogen) atoms. The summed E-state index contributed by atoms with van der Waals surface area (Å²) in [4.78, 5) is 23.1. The summed E-state index contributed by atoms with van der Waals surface area (Å²) >= 11 is 1.91. The number of anilines is 1. The largest absolute Gasteiger partial charge is 0.444 e. The van der Waals surface area contributed by atoms with E-state index in [2.05, 4.69) is 0 Å². The molecule has 84 valence electrons. The molecule has 0 fully saturated rings. The maximum absolute atomic E-state index is 12.1. The zero-order chi connectivity index (χ0) is 11.9. The number of esters is 1. The van der Waals surface area contributed by atoms with Crippen LogP contribution in [0.4, 0.5) is 5.69 Å². The molecular formula is C11H10INO3. The standard InChI is InChI=1S/C11H10INO3/c1-7(14)16-11(2)8-5-3-4-6-9(8)13(12)10(11)15/h3-6H,1-2H3. The molecular weight excluding hydrogens is 321 g/mol. The summed E-state index contributed by atoms with van der Waals surface area (Å²) in [5.41, 5.74) is 0.310. The monoisotopic (exact) mass is 331 g/mol. The third-order valence-electron chi connectivity index (χ3n) is 2.56. The second-order valence-electron chi connectivity index (χ2n) is 3.73. The van der Waals surface area contributed by atoms with Gasteiger partial charge in [-0.3, -0.25) is 9.59 Å². The number of hydrogen-bond donors (Lipinski definition) is 0. The lowest BCUT2D eigenvalue weighted by Crippen LogP contribution is -2.37.